The summed E-state index contributed by atoms with van der Waals surface area (Å²) in [7, 11) is 0. The molecule has 0 spiro atoms. The van der Waals surface area contributed by atoms with Gasteiger partial charge in [-0.15, -0.1) is 0 Å². The van der Waals surface area contributed by atoms with E-state index >= 15 is 0 Å². The van der Waals surface area contributed by atoms with Gasteiger partial charge in [-0.1, -0.05) is 78.5 Å². The topological polar surface area (TPSA) is 33.1 Å². The van der Waals surface area contributed by atoms with Crippen LogP contribution in [0.25, 0.3) is 5.57 Å². The van der Waals surface area contributed by atoms with Gasteiger partial charge >= 0.3 is 0 Å². The summed E-state index contributed by atoms with van der Waals surface area (Å²) in [5.74, 6) is 0. The second kappa shape index (κ2) is 20.6. The third-order valence-electron chi connectivity index (χ3n) is 2.03. The Bertz CT molecular complexity index is 375. The van der Waals surface area contributed by atoms with Crippen molar-refractivity contribution >= 4 is 5.57 Å². The number of pyridine rings is 1. The Hall–Kier alpha value is -1.67. The molecule has 2 heteroatoms. The van der Waals surface area contributed by atoms with E-state index in [1.165, 1.54) is 0 Å². The van der Waals surface area contributed by atoms with E-state index in [9.17, 15) is 0 Å². The predicted molar refractivity (Wildman–Crippen MR) is 97.2 cm³/mol. The van der Waals surface area contributed by atoms with E-state index in [0.717, 1.165) is 16.8 Å². The highest BCUT2D eigenvalue weighted by Gasteiger charge is 1.98. The molecule has 2 nitrogen and oxygen atoms in total. The van der Waals surface area contributed by atoms with Gasteiger partial charge in [0.2, 0.25) is 0 Å². The highest BCUT2D eigenvalue weighted by atomic mass is 16.3. The van der Waals surface area contributed by atoms with Crippen LogP contribution >= 0.6 is 0 Å². The van der Waals surface area contributed by atoms with Crippen molar-refractivity contribution in [2.24, 2.45) is 0 Å². The molecule has 21 heavy (non-hydrogen) atoms. The first-order valence-electron chi connectivity index (χ1n) is 7.83. The smallest absolute Gasteiger partial charge is 0.0698 e. The average Bonchev–Trinajstić information content (AvgIpc) is 2.61. The first kappa shape index (κ1) is 24.4. The quantitative estimate of drug-likeness (QED) is 0.711. The van der Waals surface area contributed by atoms with Gasteiger partial charge in [-0.25, -0.2) is 0 Å². The minimum Gasteiger partial charge on any atom is -0.392 e. The molecule has 0 saturated heterocycles. The monoisotopic (exact) mass is 291 g/mol. The molecule has 0 atom stereocenters. The van der Waals surface area contributed by atoms with Crippen LogP contribution in [0.3, 0.4) is 0 Å². The van der Waals surface area contributed by atoms with E-state index in [0.29, 0.717) is 0 Å². The molecule has 0 aliphatic rings. The Balaban J connectivity index is -0.000000478. The minimum absolute atomic E-state index is 0.0287. The molecule has 0 aliphatic heterocycles. The van der Waals surface area contributed by atoms with Gasteiger partial charge in [0.25, 0.3) is 0 Å². The number of aromatic nitrogens is 1. The number of hydrogen-bond acceptors (Lipinski definition) is 2. The van der Waals surface area contributed by atoms with Crippen LogP contribution in [0.2, 0.25) is 0 Å². The van der Waals surface area contributed by atoms with Crippen molar-refractivity contribution in [3.8, 4) is 0 Å². The first-order chi connectivity index (χ1) is 10.3. The molecule has 0 fully saturated rings. The summed E-state index contributed by atoms with van der Waals surface area (Å²) < 4.78 is 0. The van der Waals surface area contributed by atoms with Crippen LogP contribution < -0.4 is 0 Å². The first-order valence-corrected chi connectivity index (χ1v) is 7.83. The standard InChI is InChI=1S/C13H15NO.3C2H6/c1-3-5-6-12(4-2)13-8-7-11(10-15)9-14-13;3*1-2/h3-9,15H,1,10H2,2H3;3*1-2H3/b6-5-,12-4+;;;. The zero-order valence-corrected chi connectivity index (χ0v) is 14.9. The maximum absolute atomic E-state index is 8.88. The SMILES string of the molecule is C=C/C=C\C(=C/C)c1ccc(CO)cn1.CC.CC.CC. The molecule has 0 aromatic carbocycles. The van der Waals surface area contributed by atoms with E-state index in [1.54, 1.807) is 12.3 Å². The summed E-state index contributed by atoms with van der Waals surface area (Å²) >= 11 is 0. The van der Waals surface area contributed by atoms with E-state index in [2.05, 4.69) is 11.6 Å². The molecule has 1 rings (SSSR count). The van der Waals surface area contributed by atoms with Crippen molar-refractivity contribution in [1.82, 2.24) is 4.98 Å². The van der Waals surface area contributed by atoms with Crippen LogP contribution in [0.4, 0.5) is 0 Å². The Morgan fingerprint density at radius 1 is 1.14 bits per heavy atom. The fourth-order valence-electron chi connectivity index (χ4n) is 1.19. The summed E-state index contributed by atoms with van der Waals surface area (Å²) in [5.41, 5.74) is 2.76. The second-order valence-corrected chi connectivity index (χ2v) is 3.05. The second-order valence-electron chi connectivity index (χ2n) is 3.05. The molecule has 1 aromatic rings. The van der Waals surface area contributed by atoms with Crippen LogP contribution in [-0.2, 0) is 6.61 Å². The molecule has 1 aromatic heterocycles. The van der Waals surface area contributed by atoms with E-state index in [-0.39, 0.29) is 6.61 Å². The van der Waals surface area contributed by atoms with E-state index in [4.69, 9.17) is 5.11 Å². The Morgan fingerprint density at radius 3 is 2.05 bits per heavy atom. The number of aliphatic hydroxyl groups excluding tert-OH is 1. The number of rotatable bonds is 4. The van der Waals surface area contributed by atoms with Gasteiger partial charge < -0.3 is 5.11 Å². The summed E-state index contributed by atoms with van der Waals surface area (Å²) in [4.78, 5) is 4.26. The van der Waals surface area contributed by atoms with Gasteiger partial charge in [0, 0.05) is 6.20 Å². The number of hydrogen-bond donors (Lipinski definition) is 1. The van der Waals surface area contributed by atoms with Gasteiger partial charge in [0.15, 0.2) is 0 Å². The summed E-state index contributed by atoms with van der Waals surface area (Å²) in [6, 6.07) is 3.77. The van der Waals surface area contributed by atoms with Crippen molar-refractivity contribution < 1.29 is 5.11 Å². The number of allylic oxidation sites excluding steroid dienone is 5. The largest absolute Gasteiger partial charge is 0.392 e. The van der Waals surface area contributed by atoms with Crippen molar-refractivity contribution in [2.75, 3.05) is 0 Å². The molecule has 0 aliphatic carbocycles. The van der Waals surface area contributed by atoms with Crippen LogP contribution in [0.1, 0.15) is 59.7 Å². The van der Waals surface area contributed by atoms with Gasteiger partial charge in [-0.2, -0.15) is 0 Å². The third-order valence-corrected chi connectivity index (χ3v) is 2.03. The fourth-order valence-corrected chi connectivity index (χ4v) is 1.19. The molecule has 0 bridgehead atoms. The summed E-state index contributed by atoms with van der Waals surface area (Å²) in [6.07, 6.45) is 9.22. The minimum atomic E-state index is 0.0287. The average molecular weight is 291 g/mol. The maximum Gasteiger partial charge on any atom is 0.0698 e. The van der Waals surface area contributed by atoms with Crippen LogP contribution in [-0.4, -0.2) is 10.1 Å². The predicted octanol–water partition coefficient (Wildman–Crippen LogP) is 5.80. The highest BCUT2D eigenvalue weighted by Crippen LogP contribution is 2.13. The highest BCUT2D eigenvalue weighted by molar-refractivity contribution is 5.71. The lowest BCUT2D eigenvalue weighted by Crippen LogP contribution is -1.90. The zero-order valence-electron chi connectivity index (χ0n) is 14.9. The Morgan fingerprint density at radius 2 is 1.71 bits per heavy atom. The third kappa shape index (κ3) is 11.8. The fraction of sp³-hybridized carbons (Fsp3) is 0.421. The normalized spacial score (nSPS) is 9.43. The van der Waals surface area contributed by atoms with Gasteiger partial charge in [-0.3, -0.25) is 4.98 Å². The molecule has 0 unspecified atom stereocenters. The van der Waals surface area contributed by atoms with Crippen molar-refractivity contribution in [2.45, 2.75) is 55.1 Å². The Kier molecular flexibility index (Phi) is 23.9. The Labute approximate surface area is 132 Å². The van der Waals surface area contributed by atoms with Crippen LogP contribution in [0, 0.1) is 0 Å². The zero-order chi connectivity index (χ0) is 17.1. The molecule has 120 valence electrons. The van der Waals surface area contributed by atoms with Crippen molar-refractivity contribution in [3.05, 3.63) is 60.5 Å². The van der Waals surface area contributed by atoms with E-state index in [1.807, 2.05) is 78.8 Å². The molecule has 0 saturated carbocycles. The van der Waals surface area contributed by atoms with Crippen LogP contribution in [0.15, 0.2) is 49.2 Å². The molecule has 1 heterocycles. The molecular formula is C19H33NO. The van der Waals surface area contributed by atoms with Gasteiger partial charge in [0.05, 0.1) is 12.3 Å². The lowest BCUT2D eigenvalue weighted by Gasteiger charge is -2.01. The molecular weight excluding hydrogens is 258 g/mol. The molecule has 0 radical (unpaired) electrons. The van der Waals surface area contributed by atoms with E-state index < -0.39 is 0 Å². The maximum atomic E-state index is 8.88. The summed E-state index contributed by atoms with van der Waals surface area (Å²) in [6.45, 7) is 17.6. The lowest BCUT2D eigenvalue weighted by molar-refractivity contribution is 0.281. The number of nitrogens with zero attached hydrogens (tertiary/aromatic N) is 1. The van der Waals surface area contributed by atoms with Gasteiger partial charge in [-0.05, 0) is 24.1 Å². The molecule has 1 N–H and O–H groups in total. The summed E-state index contributed by atoms with van der Waals surface area (Å²) in [5, 5.41) is 8.88. The molecule has 0 amide bonds. The van der Waals surface area contributed by atoms with Gasteiger partial charge in [0.1, 0.15) is 0 Å². The van der Waals surface area contributed by atoms with Crippen molar-refractivity contribution in [3.63, 3.8) is 0 Å². The van der Waals surface area contributed by atoms with Crippen LogP contribution in [0.5, 0.6) is 0 Å². The van der Waals surface area contributed by atoms with Crippen molar-refractivity contribution in [1.29, 1.82) is 0 Å². The lowest BCUT2D eigenvalue weighted by atomic mass is 10.1. The number of aliphatic hydroxyl groups is 1.